The van der Waals surface area contributed by atoms with Crippen LogP contribution in [0, 0.1) is 0 Å². The molecular weight excluding hydrogens is 200 g/mol. The summed E-state index contributed by atoms with van der Waals surface area (Å²) < 4.78 is 5.18. The predicted octanol–water partition coefficient (Wildman–Crippen LogP) is 2.58. The SMILES string of the molecule is COc1cncc(C(C)C(C)NC(C)C)c1. The van der Waals surface area contributed by atoms with Crippen molar-refractivity contribution in [1.29, 1.82) is 0 Å². The smallest absolute Gasteiger partial charge is 0.137 e. The van der Waals surface area contributed by atoms with Gasteiger partial charge in [-0.3, -0.25) is 4.98 Å². The van der Waals surface area contributed by atoms with Crippen LogP contribution in [0.4, 0.5) is 0 Å². The Labute approximate surface area is 98.2 Å². The third-order valence-electron chi connectivity index (χ3n) is 2.84. The number of rotatable bonds is 5. The third-order valence-corrected chi connectivity index (χ3v) is 2.84. The molecule has 2 unspecified atom stereocenters. The first-order valence-corrected chi connectivity index (χ1v) is 5.79. The molecule has 0 saturated carbocycles. The average Bonchev–Trinajstić information content (AvgIpc) is 2.27. The van der Waals surface area contributed by atoms with E-state index in [0.29, 0.717) is 18.0 Å². The Morgan fingerprint density at radius 2 is 1.88 bits per heavy atom. The molecule has 0 saturated heterocycles. The van der Waals surface area contributed by atoms with Crippen LogP contribution in [-0.2, 0) is 0 Å². The van der Waals surface area contributed by atoms with Crippen molar-refractivity contribution in [1.82, 2.24) is 10.3 Å². The van der Waals surface area contributed by atoms with Gasteiger partial charge >= 0.3 is 0 Å². The standard InChI is InChI=1S/C13H22N2O/c1-9(2)15-11(4)10(3)12-6-13(16-5)8-14-7-12/h6-11,15H,1-5H3. The quantitative estimate of drug-likeness (QED) is 0.831. The van der Waals surface area contributed by atoms with Crippen molar-refractivity contribution in [2.45, 2.75) is 45.7 Å². The minimum Gasteiger partial charge on any atom is -0.495 e. The molecule has 0 spiro atoms. The topological polar surface area (TPSA) is 34.1 Å². The minimum atomic E-state index is 0.421. The molecular formula is C13H22N2O. The van der Waals surface area contributed by atoms with Gasteiger partial charge in [0.2, 0.25) is 0 Å². The van der Waals surface area contributed by atoms with Crippen LogP contribution < -0.4 is 10.1 Å². The van der Waals surface area contributed by atoms with Gasteiger partial charge in [0.25, 0.3) is 0 Å². The van der Waals surface area contributed by atoms with Crippen LogP contribution in [-0.4, -0.2) is 24.2 Å². The Kier molecular flexibility index (Phi) is 4.74. The van der Waals surface area contributed by atoms with Crippen molar-refractivity contribution >= 4 is 0 Å². The molecule has 1 heterocycles. The first-order valence-electron chi connectivity index (χ1n) is 5.79. The second kappa shape index (κ2) is 5.85. The van der Waals surface area contributed by atoms with Crippen LogP contribution in [0.25, 0.3) is 0 Å². The highest BCUT2D eigenvalue weighted by molar-refractivity contribution is 5.26. The maximum Gasteiger partial charge on any atom is 0.137 e. The summed E-state index contributed by atoms with van der Waals surface area (Å²) in [5.41, 5.74) is 1.21. The molecule has 0 aliphatic carbocycles. The number of nitrogens with zero attached hydrogens (tertiary/aromatic N) is 1. The first-order chi connectivity index (χ1) is 7.54. The molecule has 0 aliphatic heterocycles. The summed E-state index contributed by atoms with van der Waals surface area (Å²) in [5.74, 6) is 1.24. The normalized spacial score (nSPS) is 14.9. The van der Waals surface area contributed by atoms with Crippen LogP contribution in [0.15, 0.2) is 18.5 Å². The Hall–Kier alpha value is -1.09. The minimum absolute atomic E-state index is 0.421. The molecule has 0 amide bonds. The monoisotopic (exact) mass is 222 g/mol. The molecule has 1 N–H and O–H groups in total. The number of aromatic nitrogens is 1. The number of methoxy groups -OCH3 is 1. The third kappa shape index (κ3) is 3.49. The molecule has 0 aromatic carbocycles. The molecule has 1 aromatic heterocycles. The Bertz CT molecular complexity index is 325. The number of hydrogen-bond donors (Lipinski definition) is 1. The van der Waals surface area contributed by atoms with Crippen LogP contribution in [0.1, 0.15) is 39.2 Å². The average molecular weight is 222 g/mol. The Morgan fingerprint density at radius 1 is 1.19 bits per heavy atom. The van der Waals surface area contributed by atoms with Gasteiger partial charge in [-0.25, -0.2) is 0 Å². The first kappa shape index (κ1) is 13.0. The van der Waals surface area contributed by atoms with Gasteiger partial charge in [0.05, 0.1) is 13.3 Å². The number of pyridine rings is 1. The zero-order valence-electron chi connectivity index (χ0n) is 10.8. The van der Waals surface area contributed by atoms with Crippen molar-refractivity contribution < 1.29 is 4.74 Å². The highest BCUT2D eigenvalue weighted by Gasteiger charge is 2.15. The van der Waals surface area contributed by atoms with E-state index in [4.69, 9.17) is 4.74 Å². The van der Waals surface area contributed by atoms with Crippen molar-refractivity contribution in [3.8, 4) is 5.75 Å². The second-order valence-corrected chi connectivity index (χ2v) is 4.56. The van der Waals surface area contributed by atoms with E-state index in [1.165, 1.54) is 5.56 Å². The van der Waals surface area contributed by atoms with Crippen LogP contribution in [0.2, 0.25) is 0 Å². The summed E-state index contributed by atoms with van der Waals surface area (Å²) in [4.78, 5) is 4.19. The molecule has 3 nitrogen and oxygen atoms in total. The highest BCUT2D eigenvalue weighted by Crippen LogP contribution is 2.22. The molecule has 1 rings (SSSR count). The van der Waals surface area contributed by atoms with Gasteiger partial charge in [-0.1, -0.05) is 20.8 Å². The van der Waals surface area contributed by atoms with E-state index in [1.807, 2.05) is 6.20 Å². The van der Waals surface area contributed by atoms with Crippen molar-refractivity contribution in [2.75, 3.05) is 7.11 Å². The number of ether oxygens (including phenoxy) is 1. The summed E-state index contributed by atoms with van der Waals surface area (Å²) >= 11 is 0. The Balaban J connectivity index is 2.74. The molecule has 16 heavy (non-hydrogen) atoms. The summed E-state index contributed by atoms with van der Waals surface area (Å²) in [5, 5.41) is 3.51. The fourth-order valence-electron chi connectivity index (χ4n) is 1.76. The Morgan fingerprint density at radius 3 is 2.44 bits per heavy atom. The largest absolute Gasteiger partial charge is 0.495 e. The predicted molar refractivity (Wildman–Crippen MR) is 66.9 cm³/mol. The van der Waals surface area contributed by atoms with E-state index in [1.54, 1.807) is 13.3 Å². The number of nitrogens with one attached hydrogen (secondary N) is 1. The van der Waals surface area contributed by atoms with Crippen molar-refractivity contribution in [2.24, 2.45) is 0 Å². The van der Waals surface area contributed by atoms with E-state index >= 15 is 0 Å². The van der Waals surface area contributed by atoms with Gasteiger partial charge in [0, 0.05) is 18.3 Å². The summed E-state index contributed by atoms with van der Waals surface area (Å²) in [6.45, 7) is 8.72. The molecule has 0 aliphatic rings. The summed E-state index contributed by atoms with van der Waals surface area (Å²) in [6, 6.07) is 2.97. The van der Waals surface area contributed by atoms with Crippen LogP contribution in [0.3, 0.4) is 0 Å². The van der Waals surface area contributed by atoms with E-state index in [-0.39, 0.29) is 0 Å². The van der Waals surface area contributed by atoms with Gasteiger partial charge in [0.1, 0.15) is 5.75 Å². The van der Waals surface area contributed by atoms with Gasteiger partial charge in [-0.15, -0.1) is 0 Å². The lowest BCUT2D eigenvalue weighted by Crippen LogP contribution is -2.36. The van der Waals surface area contributed by atoms with E-state index in [9.17, 15) is 0 Å². The molecule has 90 valence electrons. The van der Waals surface area contributed by atoms with Gasteiger partial charge in [-0.05, 0) is 24.5 Å². The van der Waals surface area contributed by atoms with Gasteiger partial charge in [-0.2, -0.15) is 0 Å². The molecule has 3 heteroatoms. The summed E-state index contributed by atoms with van der Waals surface area (Å²) in [7, 11) is 1.67. The van der Waals surface area contributed by atoms with Crippen molar-refractivity contribution in [3.63, 3.8) is 0 Å². The van der Waals surface area contributed by atoms with E-state index in [2.05, 4.69) is 44.1 Å². The van der Waals surface area contributed by atoms with E-state index in [0.717, 1.165) is 5.75 Å². The fourth-order valence-corrected chi connectivity index (χ4v) is 1.76. The van der Waals surface area contributed by atoms with Crippen molar-refractivity contribution in [3.05, 3.63) is 24.0 Å². The van der Waals surface area contributed by atoms with Crippen LogP contribution >= 0.6 is 0 Å². The lowest BCUT2D eigenvalue weighted by Gasteiger charge is -2.23. The summed E-state index contributed by atoms with van der Waals surface area (Å²) in [6.07, 6.45) is 3.64. The molecule has 0 radical (unpaired) electrons. The maximum absolute atomic E-state index is 5.18. The van der Waals surface area contributed by atoms with E-state index < -0.39 is 0 Å². The fraction of sp³-hybridized carbons (Fsp3) is 0.615. The van der Waals surface area contributed by atoms with Gasteiger partial charge in [0.15, 0.2) is 0 Å². The number of hydrogen-bond acceptors (Lipinski definition) is 3. The van der Waals surface area contributed by atoms with Crippen LogP contribution in [0.5, 0.6) is 5.75 Å². The molecule has 0 fully saturated rings. The maximum atomic E-state index is 5.18. The lowest BCUT2D eigenvalue weighted by molar-refractivity contribution is 0.408. The lowest BCUT2D eigenvalue weighted by atomic mass is 9.95. The second-order valence-electron chi connectivity index (χ2n) is 4.56. The molecule has 0 bridgehead atoms. The molecule has 1 aromatic rings. The highest BCUT2D eigenvalue weighted by atomic mass is 16.5. The van der Waals surface area contributed by atoms with Gasteiger partial charge < -0.3 is 10.1 Å². The zero-order valence-corrected chi connectivity index (χ0v) is 10.8. The zero-order chi connectivity index (χ0) is 12.1. The molecule has 2 atom stereocenters.